The summed E-state index contributed by atoms with van der Waals surface area (Å²) in [5.41, 5.74) is 2.05. The smallest absolute Gasteiger partial charge is 0.117 e. The first-order valence-electron chi connectivity index (χ1n) is 4.54. The van der Waals surface area contributed by atoms with Crippen molar-refractivity contribution in [1.29, 1.82) is 0 Å². The van der Waals surface area contributed by atoms with E-state index < -0.39 is 11.0 Å². The minimum absolute atomic E-state index is 0.686. The zero-order valence-corrected chi connectivity index (χ0v) is 10.7. The SMILES string of the molecule is CCCS(=O)Nc1cc(C)cc(Br)c1. The largest absolute Gasteiger partial charge is 0.305 e. The number of benzene rings is 1. The fraction of sp³-hybridized carbons (Fsp3) is 0.400. The van der Waals surface area contributed by atoms with Crippen molar-refractivity contribution in [1.82, 2.24) is 0 Å². The summed E-state index contributed by atoms with van der Waals surface area (Å²) >= 11 is 3.40. The molecule has 1 atom stereocenters. The molecular formula is C10H14BrNOS. The standard InChI is InChI=1S/C10H14BrNOS/c1-3-4-14(13)12-10-6-8(2)5-9(11)7-10/h5-7,12H,3-4H2,1-2H3. The van der Waals surface area contributed by atoms with E-state index in [4.69, 9.17) is 0 Å². The molecule has 0 bridgehead atoms. The Morgan fingerprint density at radius 1 is 1.43 bits per heavy atom. The summed E-state index contributed by atoms with van der Waals surface area (Å²) in [4.78, 5) is 0. The third kappa shape index (κ3) is 3.80. The van der Waals surface area contributed by atoms with Crippen LogP contribution in [0.1, 0.15) is 18.9 Å². The molecule has 1 aromatic rings. The van der Waals surface area contributed by atoms with Crippen LogP contribution in [0.2, 0.25) is 0 Å². The van der Waals surface area contributed by atoms with Crippen LogP contribution in [0.15, 0.2) is 22.7 Å². The molecule has 0 fully saturated rings. The number of aryl methyl sites for hydroxylation is 1. The number of rotatable bonds is 4. The molecule has 0 aromatic heterocycles. The predicted octanol–water partition coefficient (Wildman–Crippen LogP) is 3.24. The quantitative estimate of drug-likeness (QED) is 0.898. The van der Waals surface area contributed by atoms with Crippen molar-refractivity contribution in [2.45, 2.75) is 20.3 Å². The van der Waals surface area contributed by atoms with Gasteiger partial charge in [0.1, 0.15) is 11.0 Å². The van der Waals surface area contributed by atoms with E-state index in [9.17, 15) is 4.21 Å². The van der Waals surface area contributed by atoms with Crippen LogP contribution in [0.25, 0.3) is 0 Å². The second-order valence-corrected chi connectivity index (χ2v) is 5.39. The van der Waals surface area contributed by atoms with Gasteiger partial charge in [-0.05, 0) is 37.1 Å². The van der Waals surface area contributed by atoms with Crippen LogP contribution in [-0.4, -0.2) is 9.96 Å². The third-order valence-corrected chi connectivity index (χ3v) is 3.36. The van der Waals surface area contributed by atoms with Crippen molar-refractivity contribution in [3.8, 4) is 0 Å². The van der Waals surface area contributed by atoms with Gasteiger partial charge in [-0.25, -0.2) is 4.21 Å². The fourth-order valence-electron chi connectivity index (χ4n) is 1.16. The van der Waals surface area contributed by atoms with E-state index in [1.807, 2.05) is 32.0 Å². The van der Waals surface area contributed by atoms with Crippen LogP contribution in [0.4, 0.5) is 5.69 Å². The van der Waals surface area contributed by atoms with Crippen LogP contribution in [-0.2, 0) is 11.0 Å². The van der Waals surface area contributed by atoms with Crippen molar-refractivity contribution in [3.05, 3.63) is 28.2 Å². The Kier molecular flexibility index (Phi) is 4.62. The highest BCUT2D eigenvalue weighted by Gasteiger charge is 2.00. The molecule has 0 aliphatic heterocycles. The average molecular weight is 276 g/mol. The van der Waals surface area contributed by atoms with Crippen molar-refractivity contribution in [2.24, 2.45) is 0 Å². The van der Waals surface area contributed by atoms with Crippen LogP contribution in [0.5, 0.6) is 0 Å². The summed E-state index contributed by atoms with van der Waals surface area (Å²) in [7, 11) is -0.958. The van der Waals surface area contributed by atoms with Crippen LogP contribution >= 0.6 is 15.9 Å². The molecule has 0 amide bonds. The Labute approximate surface area is 95.8 Å². The fourth-order valence-corrected chi connectivity index (χ4v) is 2.62. The molecular weight excluding hydrogens is 262 g/mol. The zero-order valence-electron chi connectivity index (χ0n) is 8.34. The van der Waals surface area contributed by atoms with E-state index in [1.165, 1.54) is 0 Å². The van der Waals surface area contributed by atoms with Gasteiger partial charge in [0.15, 0.2) is 0 Å². The molecule has 0 heterocycles. The Balaban J connectivity index is 2.71. The van der Waals surface area contributed by atoms with E-state index in [0.717, 1.165) is 22.1 Å². The van der Waals surface area contributed by atoms with Gasteiger partial charge < -0.3 is 4.72 Å². The van der Waals surface area contributed by atoms with Gasteiger partial charge in [-0.1, -0.05) is 22.9 Å². The monoisotopic (exact) mass is 275 g/mol. The van der Waals surface area contributed by atoms with Crippen molar-refractivity contribution < 1.29 is 4.21 Å². The Morgan fingerprint density at radius 2 is 2.14 bits per heavy atom. The predicted molar refractivity (Wildman–Crippen MR) is 65.8 cm³/mol. The first-order chi connectivity index (χ1) is 6.61. The highest BCUT2D eigenvalue weighted by Crippen LogP contribution is 2.19. The molecule has 1 rings (SSSR count). The second-order valence-electron chi connectivity index (χ2n) is 3.17. The summed E-state index contributed by atoms with van der Waals surface area (Å²) in [5.74, 6) is 0.686. The lowest BCUT2D eigenvalue weighted by Crippen LogP contribution is -2.07. The average Bonchev–Trinajstić information content (AvgIpc) is 2.01. The molecule has 0 saturated carbocycles. The molecule has 1 unspecified atom stereocenters. The van der Waals surface area contributed by atoms with Crippen molar-refractivity contribution in [2.75, 3.05) is 10.5 Å². The summed E-state index contributed by atoms with van der Waals surface area (Å²) in [6.07, 6.45) is 0.923. The van der Waals surface area contributed by atoms with E-state index in [0.29, 0.717) is 5.75 Å². The highest BCUT2D eigenvalue weighted by atomic mass is 79.9. The van der Waals surface area contributed by atoms with Gasteiger partial charge in [0.25, 0.3) is 0 Å². The first kappa shape index (κ1) is 11.7. The van der Waals surface area contributed by atoms with E-state index in [1.54, 1.807) is 0 Å². The highest BCUT2D eigenvalue weighted by molar-refractivity contribution is 9.10. The number of halogens is 1. The molecule has 0 aliphatic carbocycles. The summed E-state index contributed by atoms with van der Waals surface area (Å²) < 4.78 is 15.4. The molecule has 1 N–H and O–H groups in total. The Morgan fingerprint density at radius 3 is 2.71 bits per heavy atom. The van der Waals surface area contributed by atoms with Crippen molar-refractivity contribution >= 4 is 32.6 Å². The normalized spacial score (nSPS) is 12.5. The number of hydrogen-bond acceptors (Lipinski definition) is 1. The van der Waals surface area contributed by atoms with Gasteiger partial charge in [0.05, 0.1) is 0 Å². The number of nitrogens with one attached hydrogen (secondary N) is 1. The van der Waals surface area contributed by atoms with Gasteiger partial charge in [-0.2, -0.15) is 0 Å². The summed E-state index contributed by atoms with van der Waals surface area (Å²) in [6.45, 7) is 4.03. The van der Waals surface area contributed by atoms with Gasteiger partial charge in [0.2, 0.25) is 0 Å². The number of hydrogen-bond donors (Lipinski definition) is 1. The zero-order chi connectivity index (χ0) is 10.6. The van der Waals surface area contributed by atoms with E-state index >= 15 is 0 Å². The van der Waals surface area contributed by atoms with Crippen LogP contribution in [0.3, 0.4) is 0 Å². The Bertz CT molecular complexity index is 321. The van der Waals surface area contributed by atoms with Gasteiger partial charge in [-0.15, -0.1) is 0 Å². The summed E-state index contributed by atoms with van der Waals surface area (Å²) in [5, 5.41) is 0. The maximum absolute atomic E-state index is 11.4. The number of anilines is 1. The molecule has 0 radical (unpaired) electrons. The molecule has 14 heavy (non-hydrogen) atoms. The Hall–Kier alpha value is -0.350. The van der Waals surface area contributed by atoms with Crippen LogP contribution < -0.4 is 4.72 Å². The lowest BCUT2D eigenvalue weighted by Gasteiger charge is -2.06. The minimum Gasteiger partial charge on any atom is -0.305 e. The summed E-state index contributed by atoms with van der Waals surface area (Å²) in [6, 6.07) is 5.94. The van der Waals surface area contributed by atoms with Crippen LogP contribution in [0, 0.1) is 6.92 Å². The topological polar surface area (TPSA) is 29.1 Å². The van der Waals surface area contributed by atoms with Gasteiger partial charge in [0, 0.05) is 15.9 Å². The first-order valence-corrected chi connectivity index (χ1v) is 6.65. The lowest BCUT2D eigenvalue weighted by atomic mass is 10.2. The minimum atomic E-state index is -0.958. The molecule has 78 valence electrons. The molecule has 2 nitrogen and oxygen atoms in total. The van der Waals surface area contributed by atoms with E-state index in [2.05, 4.69) is 20.7 Å². The van der Waals surface area contributed by atoms with Gasteiger partial charge >= 0.3 is 0 Å². The third-order valence-electron chi connectivity index (χ3n) is 1.66. The molecule has 1 aromatic carbocycles. The second kappa shape index (κ2) is 5.51. The maximum atomic E-state index is 11.4. The maximum Gasteiger partial charge on any atom is 0.117 e. The van der Waals surface area contributed by atoms with Crippen molar-refractivity contribution in [3.63, 3.8) is 0 Å². The molecule has 0 aliphatic rings. The van der Waals surface area contributed by atoms with Gasteiger partial charge in [-0.3, -0.25) is 0 Å². The lowest BCUT2D eigenvalue weighted by molar-refractivity contribution is 0.685. The molecule has 0 spiro atoms. The molecule has 0 saturated heterocycles. The van der Waals surface area contributed by atoms with E-state index in [-0.39, 0.29) is 0 Å². The molecule has 4 heteroatoms.